The Morgan fingerprint density at radius 1 is 0.724 bits per heavy atom. The van der Waals surface area contributed by atoms with Gasteiger partial charge in [-0.05, 0) is 29.3 Å². The first kappa shape index (κ1) is 18.6. The zero-order valence-corrected chi connectivity index (χ0v) is 15.7. The molecule has 0 unspecified atom stereocenters. The lowest BCUT2D eigenvalue weighted by atomic mass is 10.0. The Morgan fingerprint density at radius 3 is 1.90 bits per heavy atom. The van der Waals surface area contributed by atoms with Crippen LogP contribution in [0.2, 0.25) is 0 Å². The molecule has 0 spiro atoms. The molecule has 7 nitrogen and oxygen atoms in total. The van der Waals surface area contributed by atoms with Gasteiger partial charge in [0.1, 0.15) is 5.69 Å². The highest BCUT2D eigenvalue weighted by Gasteiger charge is 2.26. The minimum Gasteiger partial charge on any atom is -0.335 e. The van der Waals surface area contributed by atoms with E-state index in [0.29, 0.717) is 31.7 Å². The maximum Gasteiger partial charge on any atom is 0.274 e. The van der Waals surface area contributed by atoms with Gasteiger partial charge < -0.3 is 9.80 Å². The van der Waals surface area contributed by atoms with Crippen LogP contribution >= 0.6 is 0 Å². The number of nitrogens with one attached hydrogen (secondary N) is 1. The Labute approximate surface area is 167 Å². The number of nitrogens with zero attached hydrogens (tertiary/aromatic N) is 3. The van der Waals surface area contributed by atoms with Crippen LogP contribution in [-0.2, 0) is 0 Å². The van der Waals surface area contributed by atoms with Crippen molar-refractivity contribution in [3.63, 3.8) is 0 Å². The van der Waals surface area contributed by atoms with E-state index >= 15 is 0 Å². The fourth-order valence-electron chi connectivity index (χ4n) is 3.36. The molecule has 1 N–H and O–H groups in total. The van der Waals surface area contributed by atoms with Crippen LogP contribution < -0.4 is 5.56 Å². The first-order valence-corrected chi connectivity index (χ1v) is 9.41. The van der Waals surface area contributed by atoms with Crippen molar-refractivity contribution < 1.29 is 9.59 Å². The van der Waals surface area contributed by atoms with Crippen molar-refractivity contribution in [1.29, 1.82) is 0 Å². The Balaban J connectivity index is 1.38. The molecule has 2 amide bonds. The van der Waals surface area contributed by atoms with Gasteiger partial charge in [0, 0.05) is 37.8 Å². The molecule has 0 atom stereocenters. The number of benzene rings is 2. The third kappa shape index (κ3) is 4.08. The van der Waals surface area contributed by atoms with Gasteiger partial charge in [-0.25, -0.2) is 5.10 Å². The second-order valence-corrected chi connectivity index (χ2v) is 6.83. The Hall–Kier alpha value is -3.74. The normalized spacial score (nSPS) is 13.9. The number of carbonyl (C=O) groups excluding carboxylic acids is 2. The minimum absolute atomic E-state index is 0.0427. The predicted molar refractivity (Wildman–Crippen MR) is 109 cm³/mol. The molecule has 0 saturated carbocycles. The van der Waals surface area contributed by atoms with Gasteiger partial charge in [-0.1, -0.05) is 42.5 Å². The molecule has 29 heavy (non-hydrogen) atoms. The van der Waals surface area contributed by atoms with Crippen LogP contribution in [0.25, 0.3) is 11.1 Å². The predicted octanol–water partition coefficient (Wildman–Crippen LogP) is 2.04. The third-order valence-corrected chi connectivity index (χ3v) is 4.99. The molecule has 0 radical (unpaired) electrons. The highest BCUT2D eigenvalue weighted by Crippen LogP contribution is 2.20. The van der Waals surface area contributed by atoms with Crippen molar-refractivity contribution in [2.24, 2.45) is 0 Å². The molecule has 1 fully saturated rings. The van der Waals surface area contributed by atoms with Crippen molar-refractivity contribution in [1.82, 2.24) is 20.0 Å². The van der Waals surface area contributed by atoms with E-state index < -0.39 is 0 Å². The van der Waals surface area contributed by atoms with Crippen molar-refractivity contribution in [2.45, 2.75) is 0 Å². The molecule has 2 aromatic carbocycles. The van der Waals surface area contributed by atoms with Crippen molar-refractivity contribution in [3.05, 3.63) is 88.3 Å². The third-order valence-electron chi connectivity index (χ3n) is 4.99. The summed E-state index contributed by atoms with van der Waals surface area (Å²) in [6, 6.07) is 20.3. The summed E-state index contributed by atoms with van der Waals surface area (Å²) in [5.41, 5.74) is 2.64. The number of hydrogen-bond donors (Lipinski definition) is 1. The molecular weight excluding hydrogens is 368 g/mol. The maximum atomic E-state index is 12.8. The van der Waals surface area contributed by atoms with Gasteiger partial charge in [-0.15, -0.1) is 0 Å². The van der Waals surface area contributed by atoms with Gasteiger partial charge in [0.15, 0.2) is 0 Å². The number of aromatic amines is 1. The number of carbonyl (C=O) groups is 2. The van der Waals surface area contributed by atoms with Gasteiger partial charge >= 0.3 is 0 Å². The van der Waals surface area contributed by atoms with Crippen LogP contribution in [0.3, 0.4) is 0 Å². The van der Waals surface area contributed by atoms with Gasteiger partial charge in [-0.3, -0.25) is 14.4 Å². The van der Waals surface area contributed by atoms with Crippen molar-refractivity contribution >= 4 is 11.8 Å². The smallest absolute Gasteiger partial charge is 0.274 e. The number of aromatic nitrogens is 2. The van der Waals surface area contributed by atoms with Crippen LogP contribution in [0.1, 0.15) is 20.8 Å². The second-order valence-electron chi connectivity index (χ2n) is 6.83. The molecule has 3 aromatic rings. The van der Waals surface area contributed by atoms with Crippen LogP contribution in [-0.4, -0.2) is 58.0 Å². The lowest BCUT2D eigenvalue weighted by Gasteiger charge is -2.34. The van der Waals surface area contributed by atoms with Crippen LogP contribution in [0.15, 0.2) is 71.5 Å². The second kappa shape index (κ2) is 8.10. The Kier molecular flexibility index (Phi) is 5.20. The van der Waals surface area contributed by atoms with E-state index in [-0.39, 0.29) is 23.1 Å². The van der Waals surface area contributed by atoms with Gasteiger partial charge in [0.25, 0.3) is 17.4 Å². The van der Waals surface area contributed by atoms with E-state index in [1.807, 2.05) is 54.6 Å². The number of hydrogen-bond acceptors (Lipinski definition) is 4. The van der Waals surface area contributed by atoms with Gasteiger partial charge in [0.2, 0.25) is 0 Å². The average Bonchev–Trinajstić information content (AvgIpc) is 2.79. The molecular formula is C22H20N4O3. The van der Waals surface area contributed by atoms with E-state index in [4.69, 9.17) is 0 Å². The SMILES string of the molecule is O=C(c1ccc(-c2ccccc2)cc1)N1CCN(C(=O)c2ccc(=O)[nH]n2)CC1. The summed E-state index contributed by atoms with van der Waals surface area (Å²) in [4.78, 5) is 39.8. The number of piperazine rings is 1. The van der Waals surface area contributed by atoms with E-state index in [1.165, 1.54) is 12.1 Å². The molecule has 146 valence electrons. The van der Waals surface area contributed by atoms with Crippen molar-refractivity contribution in [2.75, 3.05) is 26.2 Å². The maximum absolute atomic E-state index is 12.8. The molecule has 0 aliphatic carbocycles. The lowest BCUT2D eigenvalue weighted by molar-refractivity contribution is 0.0531. The summed E-state index contributed by atoms with van der Waals surface area (Å²) in [7, 11) is 0. The van der Waals surface area contributed by atoms with Gasteiger partial charge in [0.05, 0.1) is 0 Å². The van der Waals surface area contributed by atoms with Gasteiger partial charge in [-0.2, -0.15) is 5.10 Å². The average molecular weight is 388 g/mol. The minimum atomic E-state index is -0.352. The first-order valence-electron chi connectivity index (χ1n) is 9.41. The number of H-pyrrole nitrogens is 1. The Morgan fingerprint density at radius 2 is 1.31 bits per heavy atom. The molecule has 0 bridgehead atoms. The van der Waals surface area contributed by atoms with Crippen LogP contribution in [0, 0.1) is 0 Å². The summed E-state index contributed by atoms with van der Waals surface area (Å²) in [5, 5.41) is 6.05. The van der Waals surface area contributed by atoms with E-state index in [9.17, 15) is 14.4 Å². The van der Waals surface area contributed by atoms with Crippen molar-refractivity contribution in [3.8, 4) is 11.1 Å². The quantitative estimate of drug-likeness (QED) is 0.744. The Bertz CT molecular complexity index is 1050. The monoisotopic (exact) mass is 388 g/mol. The molecule has 2 heterocycles. The molecule has 1 aromatic heterocycles. The zero-order chi connectivity index (χ0) is 20.2. The lowest BCUT2D eigenvalue weighted by Crippen LogP contribution is -2.50. The zero-order valence-electron chi connectivity index (χ0n) is 15.7. The summed E-state index contributed by atoms with van der Waals surface area (Å²) in [6.45, 7) is 1.75. The summed E-state index contributed by atoms with van der Waals surface area (Å²) in [5.74, 6) is -0.292. The molecule has 1 saturated heterocycles. The molecule has 1 aliphatic rings. The summed E-state index contributed by atoms with van der Waals surface area (Å²) in [6.07, 6.45) is 0. The summed E-state index contributed by atoms with van der Waals surface area (Å²) < 4.78 is 0. The fourth-order valence-corrected chi connectivity index (χ4v) is 3.36. The summed E-state index contributed by atoms with van der Waals surface area (Å²) >= 11 is 0. The first-order chi connectivity index (χ1) is 14.1. The van der Waals surface area contributed by atoms with E-state index in [2.05, 4.69) is 10.2 Å². The highest BCUT2D eigenvalue weighted by atomic mass is 16.2. The largest absolute Gasteiger partial charge is 0.335 e. The number of rotatable bonds is 3. The molecule has 4 rings (SSSR count). The number of amides is 2. The molecule has 1 aliphatic heterocycles. The standard InChI is InChI=1S/C22H20N4O3/c27-20-11-10-19(23-24-20)22(29)26-14-12-25(13-15-26)21(28)18-8-6-17(7-9-18)16-4-2-1-3-5-16/h1-11H,12-15H2,(H,24,27). The van der Waals surface area contributed by atoms with Crippen LogP contribution in [0.5, 0.6) is 0 Å². The van der Waals surface area contributed by atoms with E-state index in [1.54, 1.807) is 9.80 Å². The topological polar surface area (TPSA) is 86.4 Å². The van der Waals surface area contributed by atoms with Crippen LogP contribution in [0.4, 0.5) is 0 Å². The highest BCUT2D eigenvalue weighted by molar-refractivity contribution is 5.95. The molecule has 7 heteroatoms. The van der Waals surface area contributed by atoms with E-state index in [0.717, 1.165) is 11.1 Å². The fraction of sp³-hybridized carbons (Fsp3) is 0.182.